The lowest BCUT2D eigenvalue weighted by molar-refractivity contribution is -0.286. The first-order chi connectivity index (χ1) is 9.33. The van der Waals surface area contributed by atoms with Crippen LogP contribution in [-0.2, 0) is 9.47 Å². The van der Waals surface area contributed by atoms with E-state index in [1.165, 1.54) is 6.92 Å². The number of ether oxygens (including phenoxy) is 2. The monoisotopic (exact) mass is 294 g/mol. The molecule has 8 heteroatoms. The predicted octanol–water partition coefficient (Wildman–Crippen LogP) is -2.74. The predicted molar refractivity (Wildman–Crippen MR) is 70.6 cm³/mol. The summed E-state index contributed by atoms with van der Waals surface area (Å²) in [5.41, 5.74) is 11.6. The van der Waals surface area contributed by atoms with Crippen molar-refractivity contribution in [3.05, 3.63) is 0 Å². The zero-order valence-corrected chi connectivity index (χ0v) is 11.8. The van der Waals surface area contributed by atoms with Crippen LogP contribution in [0.25, 0.3) is 0 Å². The highest BCUT2D eigenvalue weighted by molar-refractivity contribution is 4.92. The zero-order chi connectivity index (χ0) is 15.4. The third kappa shape index (κ3) is 3.86. The SMILES string of the molecule is CCC(N)[C@@H](O[C@H]1OC(CO)[C@@H](O)[C@H](O)C1N)[C@@H](C)O. The fourth-order valence-corrected chi connectivity index (χ4v) is 2.19. The number of aliphatic hydroxyl groups excluding tert-OH is 4. The maximum Gasteiger partial charge on any atom is 0.176 e. The second-order valence-electron chi connectivity index (χ2n) is 5.20. The van der Waals surface area contributed by atoms with Crippen molar-refractivity contribution in [1.29, 1.82) is 0 Å². The van der Waals surface area contributed by atoms with E-state index >= 15 is 0 Å². The van der Waals surface area contributed by atoms with Gasteiger partial charge in [-0.1, -0.05) is 6.92 Å². The van der Waals surface area contributed by atoms with Gasteiger partial charge in [0.1, 0.15) is 24.4 Å². The molecule has 1 fully saturated rings. The van der Waals surface area contributed by atoms with Crippen LogP contribution in [0.4, 0.5) is 0 Å². The minimum absolute atomic E-state index is 0.428. The molecule has 0 aliphatic carbocycles. The third-order valence-electron chi connectivity index (χ3n) is 3.59. The van der Waals surface area contributed by atoms with Gasteiger partial charge < -0.3 is 41.4 Å². The lowest BCUT2D eigenvalue weighted by Crippen LogP contribution is -2.64. The van der Waals surface area contributed by atoms with Gasteiger partial charge in [-0.3, -0.25) is 0 Å². The van der Waals surface area contributed by atoms with Crippen LogP contribution in [0, 0.1) is 0 Å². The van der Waals surface area contributed by atoms with Gasteiger partial charge in [-0.15, -0.1) is 0 Å². The van der Waals surface area contributed by atoms with E-state index in [0.29, 0.717) is 6.42 Å². The summed E-state index contributed by atoms with van der Waals surface area (Å²) in [6, 6.07) is -1.43. The van der Waals surface area contributed by atoms with Gasteiger partial charge in [-0.2, -0.15) is 0 Å². The molecular formula is C12H26N2O6. The molecule has 0 aromatic heterocycles. The van der Waals surface area contributed by atoms with Gasteiger partial charge in [0.15, 0.2) is 6.29 Å². The topological polar surface area (TPSA) is 151 Å². The van der Waals surface area contributed by atoms with Gasteiger partial charge in [0.25, 0.3) is 0 Å². The molecule has 0 bridgehead atoms. The quantitative estimate of drug-likeness (QED) is 0.308. The summed E-state index contributed by atoms with van der Waals surface area (Å²) in [4.78, 5) is 0. The van der Waals surface area contributed by atoms with Crippen LogP contribution < -0.4 is 11.5 Å². The molecule has 1 aliphatic heterocycles. The first-order valence-corrected chi connectivity index (χ1v) is 6.80. The van der Waals surface area contributed by atoms with Crippen LogP contribution in [0.2, 0.25) is 0 Å². The van der Waals surface area contributed by atoms with E-state index in [9.17, 15) is 15.3 Å². The first kappa shape index (κ1) is 17.7. The van der Waals surface area contributed by atoms with Crippen molar-refractivity contribution in [2.45, 2.75) is 69.2 Å². The Hall–Kier alpha value is -0.320. The maximum absolute atomic E-state index is 9.83. The molecule has 0 radical (unpaired) electrons. The Morgan fingerprint density at radius 2 is 1.90 bits per heavy atom. The molecule has 1 aliphatic rings. The first-order valence-electron chi connectivity index (χ1n) is 6.80. The highest BCUT2D eigenvalue weighted by atomic mass is 16.7. The minimum atomic E-state index is -1.29. The van der Waals surface area contributed by atoms with Crippen LogP contribution in [0.5, 0.6) is 0 Å². The molecule has 120 valence electrons. The second-order valence-corrected chi connectivity index (χ2v) is 5.20. The summed E-state index contributed by atoms with van der Waals surface area (Å²) in [6.45, 7) is 2.90. The lowest BCUT2D eigenvalue weighted by Gasteiger charge is -2.42. The van der Waals surface area contributed by atoms with Crippen molar-refractivity contribution < 1.29 is 29.9 Å². The van der Waals surface area contributed by atoms with Crippen LogP contribution in [0.1, 0.15) is 20.3 Å². The van der Waals surface area contributed by atoms with E-state index in [1.807, 2.05) is 6.92 Å². The smallest absolute Gasteiger partial charge is 0.176 e. The molecule has 1 saturated heterocycles. The fraction of sp³-hybridized carbons (Fsp3) is 1.00. The number of hydrogen-bond donors (Lipinski definition) is 6. The number of hydrogen-bond acceptors (Lipinski definition) is 8. The Bertz CT molecular complexity index is 291. The van der Waals surface area contributed by atoms with Crippen molar-refractivity contribution in [3.63, 3.8) is 0 Å². The lowest BCUT2D eigenvalue weighted by atomic mass is 9.97. The van der Waals surface area contributed by atoms with Crippen LogP contribution >= 0.6 is 0 Å². The molecule has 3 unspecified atom stereocenters. The largest absolute Gasteiger partial charge is 0.394 e. The summed E-state index contributed by atoms with van der Waals surface area (Å²) < 4.78 is 10.9. The molecule has 8 nitrogen and oxygen atoms in total. The molecule has 0 aromatic rings. The Balaban J connectivity index is 2.78. The molecule has 0 saturated carbocycles. The average molecular weight is 294 g/mol. The molecule has 8 N–H and O–H groups in total. The van der Waals surface area contributed by atoms with Gasteiger partial charge in [0.2, 0.25) is 0 Å². The van der Waals surface area contributed by atoms with Gasteiger partial charge in [-0.25, -0.2) is 0 Å². The van der Waals surface area contributed by atoms with Crippen LogP contribution in [0.3, 0.4) is 0 Å². The van der Waals surface area contributed by atoms with Gasteiger partial charge in [0, 0.05) is 6.04 Å². The summed E-state index contributed by atoms with van der Waals surface area (Å²) in [5, 5.41) is 38.3. The minimum Gasteiger partial charge on any atom is -0.394 e. The van der Waals surface area contributed by atoms with E-state index in [2.05, 4.69) is 0 Å². The molecule has 0 amide bonds. The Kier molecular flexibility index (Phi) is 6.76. The summed E-state index contributed by atoms with van der Waals surface area (Å²) in [5.74, 6) is 0. The molecule has 1 heterocycles. The van der Waals surface area contributed by atoms with E-state index in [1.54, 1.807) is 0 Å². The molecule has 20 heavy (non-hydrogen) atoms. The van der Waals surface area contributed by atoms with Crippen molar-refractivity contribution in [3.8, 4) is 0 Å². The van der Waals surface area contributed by atoms with E-state index in [4.69, 9.17) is 26.0 Å². The highest BCUT2D eigenvalue weighted by Gasteiger charge is 2.44. The Morgan fingerprint density at radius 1 is 1.30 bits per heavy atom. The second kappa shape index (κ2) is 7.62. The Labute approximate surface area is 118 Å². The molecule has 0 spiro atoms. The van der Waals surface area contributed by atoms with Gasteiger partial charge in [0.05, 0.1) is 18.8 Å². The summed E-state index contributed by atoms with van der Waals surface area (Å²) in [7, 11) is 0. The third-order valence-corrected chi connectivity index (χ3v) is 3.59. The van der Waals surface area contributed by atoms with Crippen molar-refractivity contribution in [1.82, 2.24) is 0 Å². The van der Waals surface area contributed by atoms with Crippen LogP contribution in [0.15, 0.2) is 0 Å². The molecule has 1 rings (SSSR count). The van der Waals surface area contributed by atoms with E-state index < -0.39 is 55.5 Å². The summed E-state index contributed by atoms with van der Waals surface area (Å²) in [6.07, 6.45) is -5.65. The average Bonchev–Trinajstić information content (AvgIpc) is 2.43. The van der Waals surface area contributed by atoms with Gasteiger partial charge in [-0.05, 0) is 13.3 Å². The maximum atomic E-state index is 9.83. The molecular weight excluding hydrogens is 268 g/mol. The normalized spacial score (nSPS) is 39.3. The zero-order valence-electron chi connectivity index (χ0n) is 11.8. The van der Waals surface area contributed by atoms with Crippen molar-refractivity contribution >= 4 is 0 Å². The van der Waals surface area contributed by atoms with Crippen LogP contribution in [-0.4, -0.2) is 75.9 Å². The summed E-state index contributed by atoms with van der Waals surface area (Å²) >= 11 is 0. The number of rotatable bonds is 6. The standard InChI is InChI=1S/C12H26N2O6/c1-3-6(13)11(5(2)16)20-12-8(14)10(18)9(17)7(4-15)19-12/h5-12,15-18H,3-4,13-14H2,1-2H3/t5-,6?,7?,8?,9-,10-,11+,12-/m1/s1. The highest BCUT2D eigenvalue weighted by Crippen LogP contribution is 2.23. The van der Waals surface area contributed by atoms with E-state index in [-0.39, 0.29) is 0 Å². The fourth-order valence-electron chi connectivity index (χ4n) is 2.19. The number of aliphatic hydroxyl groups is 4. The molecule has 0 aromatic carbocycles. The van der Waals surface area contributed by atoms with Crippen molar-refractivity contribution in [2.24, 2.45) is 11.5 Å². The van der Waals surface area contributed by atoms with Gasteiger partial charge >= 0.3 is 0 Å². The number of nitrogens with two attached hydrogens (primary N) is 2. The van der Waals surface area contributed by atoms with E-state index in [0.717, 1.165) is 0 Å². The molecule has 8 atom stereocenters. The Morgan fingerprint density at radius 3 is 2.35 bits per heavy atom. The van der Waals surface area contributed by atoms with Crippen molar-refractivity contribution in [2.75, 3.05) is 6.61 Å².